The summed E-state index contributed by atoms with van der Waals surface area (Å²) in [6, 6.07) is 0. The van der Waals surface area contributed by atoms with Crippen LogP contribution in [0, 0.1) is 4.91 Å². The molecule has 2 aliphatic rings. The summed E-state index contributed by atoms with van der Waals surface area (Å²) in [5, 5.41) is 15.7. The maximum atomic E-state index is 11.7. The third-order valence-electron chi connectivity index (χ3n) is 3.37. The van der Waals surface area contributed by atoms with Gasteiger partial charge in [-0.1, -0.05) is 5.18 Å². The van der Waals surface area contributed by atoms with E-state index in [1.807, 2.05) is 0 Å². The Labute approximate surface area is 112 Å². The van der Waals surface area contributed by atoms with Crippen molar-refractivity contribution in [1.29, 1.82) is 0 Å². The van der Waals surface area contributed by atoms with Crippen LogP contribution in [0.3, 0.4) is 0 Å². The number of aromatic amines is 1. The monoisotopic (exact) mass is 282 g/mol. The first-order chi connectivity index (χ1) is 9.60. The lowest BCUT2D eigenvalue weighted by molar-refractivity contribution is 0.0128. The fraction of sp³-hybridized carbons (Fsp3) is 0.600. The van der Waals surface area contributed by atoms with Crippen LogP contribution < -0.4 is 21.5 Å². The molecule has 2 aliphatic heterocycles. The van der Waals surface area contributed by atoms with Gasteiger partial charge in [0.1, 0.15) is 18.3 Å². The Morgan fingerprint density at radius 1 is 1.60 bits per heavy atom. The van der Waals surface area contributed by atoms with Crippen LogP contribution in [-0.2, 0) is 4.74 Å². The van der Waals surface area contributed by atoms with Crippen molar-refractivity contribution in [1.82, 2.24) is 9.97 Å². The molecule has 3 rings (SSSR count). The molecule has 1 fully saturated rings. The molecular weight excluding hydrogens is 268 g/mol. The Kier molecular flexibility index (Phi) is 3.03. The molecular formula is C10H14N6O4. The average molecular weight is 282 g/mol. The standard InChI is InChI=1S/C10H14N6O4/c11-10-14-7-6(8(18)15-10)12-3-16(7)9-5(17)1-4(20-9)2-13-19/h4-5,9,12,17H,1-3H2,(H3,11,14,15,18). The molecule has 3 atom stereocenters. The molecule has 20 heavy (non-hydrogen) atoms. The van der Waals surface area contributed by atoms with Gasteiger partial charge in [-0.25, -0.2) is 0 Å². The van der Waals surface area contributed by atoms with Crippen molar-refractivity contribution < 1.29 is 9.84 Å². The summed E-state index contributed by atoms with van der Waals surface area (Å²) >= 11 is 0. The molecule has 3 heterocycles. The molecule has 0 saturated carbocycles. The molecule has 0 aromatic carbocycles. The second-order valence-electron chi connectivity index (χ2n) is 4.72. The number of nitrogens with zero attached hydrogens (tertiary/aromatic N) is 3. The third-order valence-corrected chi connectivity index (χ3v) is 3.37. The number of nitrogens with two attached hydrogens (primary N) is 1. The van der Waals surface area contributed by atoms with Gasteiger partial charge in [-0.3, -0.25) is 9.78 Å². The van der Waals surface area contributed by atoms with Gasteiger partial charge in [-0.2, -0.15) is 9.89 Å². The minimum atomic E-state index is -0.795. The van der Waals surface area contributed by atoms with E-state index >= 15 is 0 Å². The van der Waals surface area contributed by atoms with Gasteiger partial charge in [0.2, 0.25) is 5.95 Å². The largest absolute Gasteiger partial charge is 0.388 e. The summed E-state index contributed by atoms with van der Waals surface area (Å²) in [6.45, 7) is 0.241. The highest BCUT2D eigenvalue weighted by molar-refractivity contribution is 5.71. The van der Waals surface area contributed by atoms with Crippen LogP contribution in [0.2, 0.25) is 0 Å². The highest BCUT2D eigenvalue weighted by Gasteiger charge is 2.41. The number of nitroso groups, excluding NO2 is 1. The first kappa shape index (κ1) is 12.8. The fourth-order valence-corrected chi connectivity index (χ4v) is 2.51. The summed E-state index contributed by atoms with van der Waals surface area (Å²) in [5.41, 5.74) is 5.42. The van der Waals surface area contributed by atoms with Crippen molar-refractivity contribution in [3.8, 4) is 0 Å². The molecule has 5 N–H and O–H groups in total. The van der Waals surface area contributed by atoms with Gasteiger partial charge in [0.05, 0.1) is 12.8 Å². The van der Waals surface area contributed by atoms with Crippen molar-refractivity contribution in [3.63, 3.8) is 0 Å². The summed E-state index contributed by atoms with van der Waals surface area (Å²) in [6.07, 6.45) is -1.61. The SMILES string of the molecule is Nc1nc2c(c(=O)[nH]1)NCN2C1OC(CN=O)CC1O. The number of ether oxygens (including phenoxy) is 1. The van der Waals surface area contributed by atoms with Crippen LogP contribution in [-0.4, -0.2) is 46.7 Å². The zero-order chi connectivity index (χ0) is 14.3. The topological polar surface area (TPSA) is 146 Å². The molecule has 0 amide bonds. The summed E-state index contributed by atoms with van der Waals surface area (Å²) in [7, 11) is 0. The number of hydrogen-bond donors (Lipinski definition) is 4. The van der Waals surface area contributed by atoms with Crippen LogP contribution in [0.5, 0.6) is 0 Å². The molecule has 0 spiro atoms. The quantitative estimate of drug-likeness (QED) is 0.505. The number of anilines is 3. The molecule has 108 valence electrons. The Bertz CT molecular complexity index is 590. The van der Waals surface area contributed by atoms with Crippen molar-refractivity contribution in [3.05, 3.63) is 15.3 Å². The van der Waals surface area contributed by atoms with Crippen molar-refractivity contribution in [2.45, 2.75) is 24.9 Å². The molecule has 10 heteroatoms. The Balaban J connectivity index is 1.88. The first-order valence-electron chi connectivity index (χ1n) is 6.13. The number of nitrogens with one attached hydrogen (secondary N) is 2. The van der Waals surface area contributed by atoms with E-state index < -0.39 is 18.4 Å². The molecule has 3 unspecified atom stereocenters. The Morgan fingerprint density at radius 3 is 3.15 bits per heavy atom. The van der Waals surface area contributed by atoms with E-state index in [4.69, 9.17) is 10.5 Å². The van der Waals surface area contributed by atoms with E-state index in [9.17, 15) is 14.8 Å². The Hall–Kier alpha value is -2.20. The summed E-state index contributed by atoms with van der Waals surface area (Å²) in [5.74, 6) is 0.316. The average Bonchev–Trinajstić information content (AvgIpc) is 2.93. The van der Waals surface area contributed by atoms with E-state index in [2.05, 4.69) is 20.5 Å². The number of aliphatic hydroxyl groups excluding tert-OH is 1. The molecule has 10 nitrogen and oxygen atoms in total. The maximum absolute atomic E-state index is 11.7. The normalized spacial score (nSPS) is 28.2. The second-order valence-corrected chi connectivity index (χ2v) is 4.72. The van der Waals surface area contributed by atoms with Gasteiger partial charge in [0.25, 0.3) is 5.56 Å². The van der Waals surface area contributed by atoms with Crippen LogP contribution in [0.4, 0.5) is 17.5 Å². The van der Waals surface area contributed by atoms with Crippen molar-refractivity contribution in [2.24, 2.45) is 5.18 Å². The smallest absolute Gasteiger partial charge is 0.277 e. The lowest BCUT2D eigenvalue weighted by atomic mass is 10.2. The zero-order valence-electron chi connectivity index (χ0n) is 10.4. The molecule has 0 bridgehead atoms. The van der Waals surface area contributed by atoms with E-state index in [1.54, 1.807) is 4.90 Å². The Morgan fingerprint density at radius 2 is 2.40 bits per heavy atom. The highest BCUT2D eigenvalue weighted by Crippen LogP contribution is 2.33. The molecule has 0 aliphatic carbocycles. The highest BCUT2D eigenvalue weighted by atomic mass is 16.5. The predicted octanol–water partition coefficient (Wildman–Crippen LogP) is -1.22. The van der Waals surface area contributed by atoms with Gasteiger partial charge in [0.15, 0.2) is 12.0 Å². The minimum Gasteiger partial charge on any atom is -0.388 e. The number of aromatic nitrogens is 2. The third kappa shape index (κ3) is 1.98. The van der Waals surface area contributed by atoms with Gasteiger partial charge in [-0.15, -0.1) is 0 Å². The lowest BCUT2D eigenvalue weighted by Crippen LogP contribution is -2.42. The molecule has 1 saturated heterocycles. The molecule has 0 radical (unpaired) electrons. The number of H-pyrrole nitrogens is 1. The number of nitrogen functional groups attached to an aromatic ring is 1. The van der Waals surface area contributed by atoms with Gasteiger partial charge in [-0.05, 0) is 0 Å². The maximum Gasteiger partial charge on any atom is 0.277 e. The number of aliphatic hydroxyl groups is 1. The molecule has 1 aromatic heterocycles. The second kappa shape index (κ2) is 4.72. The summed E-state index contributed by atoms with van der Waals surface area (Å²) < 4.78 is 5.58. The van der Waals surface area contributed by atoms with E-state index in [0.717, 1.165) is 0 Å². The first-order valence-corrected chi connectivity index (χ1v) is 6.13. The van der Waals surface area contributed by atoms with Gasteiger partial charge < -0.3 is 25.8 Å². The molecule has 1 aromatic rings. The predicted molar refractivity (Wildman–Crippen MR) is 70.2 cm³/mol. The number of rotatable bonds is 3. The van der Waals surface area contributed by atoms with Crippen LogP contribution in [0.15, 0.2) is 9.97 Å². The minimum absolute atomic E-state index is 0.0129. The van der Waals surface area contributed by atoms with E-state index in [0.29, 0.717) is 12.2 Å². The van der Waals surface area contributed by atoms with E-state index in [1.165, 1.54) is 0 Å². The van der Waals surface area contributed by atoms with Crippen LogP contribution in [0.25, 0.3) is 0 Å². The summed E-state index contributed by atoms with van der Waals surface area (Å²) in [4.78, 5) is 30.0. The van der Waals surface area contributed by atoms with Gasteiger partial charge >= 0.3 is 0 Å². The van der Waals surface area contributed by atoms with Crippen molar-refractivity contribution in [2.75, 3.05) is 29.2 Å². The lowest BCUT2D eigenvalue weighted by Gasteiger charge is -2.26. The number of hydrogen-bond acceptors (Lipinski definition) is 9. The number of fused-ring (bicyclic) bond motifs is 1. The zero-order valence-corrected chi connectivity index (χ0v) is 10.4. The van der Waals surface area contributed by atoms with E-state index in [-0.39, 0.29) is 30.4 Å². The fourth-order valence-electron chi connectivity index (χ4n) is 2.51. The van der Waals surface area contributed by atoms with Crippen molar-refractivity contribution >= 4 is 17.5 Å². The van der Waals surface area contributed by atoms with Crippen LogP contribution >= 0.6 is 0 Å². The van der Waals surface area contributed by atoms with Gasteiger partial charge in [0, 0.05) is 6.42 Å². The van der Waals surface area contributed by atoms with Crippen LogP contribution in [0.1, 0.15) is 6.42 Å².